The van der Waals surface area contributed by atoms with E-state index in [1.165, 1.54) is 7.11 Å². The molecule has 1 aromatic carbocycles. The van der Waals surface area contributed by atoms with E-state index < -0.39 is 0 Å². The Morgan fingerprint density at radius 2 is 2.05 bits per heavy atom. The van der Waals surface area contributed by atoms with Crippen molar-refractivity contribution in [2.45, 2.75) is 6.42 Å². The Kier molecular flexibility index (Phi) is 5.13. The van der Waals surface area contributed by atoms with Gasteiger partial charge in [-0.25, -0.2) is 0 Å². The van der Waals surface area contributed by atoms with E-state index >= 15 is 0 Å². The molecule has 0 N–H and O–H groups in total. The fourth-order valence-electron chi connectivity index (χ4n) is 2.20. The van der Waals surface area contributed by atoms with Crippen LogP contribution < -0.4 is 4.90 Å². The summed E-state index contributed by atoms with van der Waals surface area (Å²) < 4.78 is 9.92. The number of esters is 1. The molecule has 6 heteroatoms. The van der Waals surface area contributed by atoms with Crippen molar-refractivity contribution in [1.82, 2.24) is 0 Å². The number of rotatable bonds is 5. The molecular weight excluding hydrogens is 282 g/mol. The molecule has 1 aliphatic rings. The van der Waals surface area contributed by atoms with Crippen LogP contribution in [0.2, 0.25) is 0 Å². The number of ether oxygens (including phenoxy) is 2. The Bertz CT molecular complexity index is 665. The van der Waals surface area contributed by atoms with Gasteiger partial charge in [0.25, 0.3) is 0 Å². The number of benzene rings is 1. The molecule has 0 saturated carbocycles. The molecule has 0 atom stereocenters. The van der Waals surface area contributed by atoms with Crippen LogP contribution in [0.5, 0.6) is 0 Å². The van der Waals surface area contributed by atoms with Gasteiger partial charge in [0.2, 0.25) is 0 Å². The predicted molar refractivity (Wildman–Crippen MR) is 78.6 cm³/mol. The predicted octanol–water partition coefficient (Wildman–Crippen LogP) is 1.54. The highest BCUT2D eigenvalue weighted by molar-refractivity contribution is 5.72. The van der Waals surface area contributed by atoms with E-state index in [0.29, 0.717) is 17.9 Å². The van der Waals surface area contributed by atoms with Crippen LogP contribution in [0.3, 0.4) is 0 Å². The number of carbonyl (C=O) groups is 1. The van der Waals surface area contributed by atoms with Crippen LogP contribution >= 0.6 is 0 Å². The zero-order valence-electron chi connectivity index (χ0n) is 12.2. The van der Waals surface area contributed by atoms with Crippen LogP contribution in [0, 0.1) is 22.7 Å². The summed E-state index contributed by atoms with van der Waals surface area (Å²) in [6, 6.07) is 11.4. The number of hydrogen-bond donors (Lipinski definition) is 0. The quantitative estimate of drug-likeness (QED) is 0.605. The summed E-state index contributed by atoms with van der Waals surface area (Å²) in [7, 11) is 1.35. The summed E-state index contributed by atoms with van der Waals surface area (Å²) in [5.74, 6) is -0.305. The van der Waals surface area contributed by atoms with Gasteiger partial charge in [0.15, 0.2) is 0 Å². The maximum atomic E-state index is 11.3. The first kappa shape index (κ1) is 15.6. The van der Waals surface area contributed by atoms with Crippen molar-refractivity contribution in [2.24, 2.45) is 0 Å². The number of hydrogen-bond acceptors (Lipinski definition) is 6. The number of methoxy groups -OCH3 is 1. The third kappa shape index (κ3) is 3.43. The van der Waals surface area contributed by atoms with Gasteiger partial charge in [0.05, 0.1) is 50.2 Å². The highest BCUT2D eigenvalue weighted by atomic mass is 16.5. The molecule has 0 fully saturated rings. The fourth-order valence-corrected chi connectivity index (χ4v) is 2.20. The zero-order valence-corrected chi connectivity index (χ0v) is 12.2. The van der Waals surface area contributed by atoms with Crippen molar-refractivity contribution >= 4 is 11.7 Å². The second-order valence-electron chi connectivity index (χ2n) is 4.69. The molecule has 0 aromatic heterocycles. The lowest BCUT2D eigenvalue weighted by Crippen LogP contribution is -2.24. The van der Waals surface area contributed by atoms with Crippen LogP contribution in [-0.2, 0) is 20.7 Å². The first-order valence-corrected chi connectivity index (χ1v) is 6.69. The Labute approximate surface area is 128 Å². The molecule has 0 bridgehead atoms. The van der Waals surface area contributed by atoms with Crippen LogP contribution in [0.25, 0.3) is 0 Å². The van der Waals surface area contributed by atoms with Crippen molar-refractivity contribution in [3.8, 4) is 12.1 Å². The van der Waals surface area contributed by atoms with Crippen LogP contribution in [0.15, 0.2) is 35.5 Å². The summed E-state index contributed by atoms with van der Waals surface area (Å²) in [4.78, 5) is 13.0. The van der Waals surface area contributed by atoms with Crippen molar-refractivity contribution in [3.63, 3.8) is 0 Å². The normalized spacial score (nSPS) is 13.4. The molecule has 1 heterocycles. The zero-order chi connectivity index (χ0) is 15.9. The minimum absolute atomic E-state index is 0.125. The molecule has 0 aliphatic carbocycles. The maximum absolute atomic E-state index is 11.3. The summed E-state index contributed by atoms with van der Waals surface area (Å²) in [5, 5.41) is 18.1. The standard InChI is InChI=1S/C16H15N3O3/c1-21-16(20)8-12-2-4-14(5-3-12)19(7-6-17)15-11-22-10-13(15)9-18/h2-5H,7-8,10-11H2,1H3. The van der Waals surface area contributed by atoms with E-state index in [0.717, 1.165) is 11.3 Å². The van der Waals surface area contributed by atoms with Gasteiger partial charge in [0.1, 0.15) is 6.54 Å². The first-order chi connectivity index (χ1) is 10.7. The fraction of sp³-hybridized carbons (Fsp3) is 0.312. The average molecular weight is 297 g/mol. The molecule has 0 unspecified atom stereocenters. The van der Waals surface area contributed by atoms with Gasteiger partial charge >= 0.3 is 5.97 Å². The average Bonchev–Trinajstić information content (AvgIpc) is 3.01. The monoisotopic (exact) mass is 297 g/mol. The molecular formula is C16H15N3O3. The SMILES string of the molecule is COC(=O)Cc1ccc(N(CC#N)C2=C(C#N)COC2)cc1. The summed E-state index contributed by atoms with van der Waals surface area (Å²) in [6.07, 6.45) is 0.199. The van der Waals surface area contributed by atoms with E-state index in [-0.39, 0.29) is 25.5 Å². The Balaban J connectivity index is 2.25. The lowest BCUT2D eigenvalue weighted by atomic mass is 10.1. The van der Waals surface area contributed by atoms with E-state index in [1.807, 2.05) is 12.1 Å². The van der Waals surface area contributed by atoms with Gasteiger partial charge in [-0.1, -0.05) is 12.1 Å². The number of anilines is 1. The van der Waals surface area contributed by atoms with Gasteiger partial charge in [0, 0.05) is 5.69 Å². The first-order valence-electron chi connectivity index (χ1n) is 6.69. The third-order valence-corrected chi connectivity index (χ3v) is 3.35. The smallest absolute Gasteiger partial charge is 0.309 e. The molecule has 2 rings (SSSR count). The molecule has 0 amide bonds. The second kappa shape index (κ2) is 7.26. The van der Waals surface area contributed by atoms with Gasteiger partial charge < -0.3 is 14.4 Å². The Morgan fingerprint density at radius 1 is 1.32 bits per heavy atom. The Morgan fingerprint density at radius 3 is 2.64 bits per heavy atom. The highest BCUT2D eigenvalue weighted by Gasteiger charge is 2.22. The minimum atomic E-state index is -0.305. The summed E-state index contributed by atoms with van der Waals surface area (Å²) in [6.45, 7) is 0.711. The summed E-state index contributed by atoms with van der Waals surface area (Å²) >= 11 is 0. The molecule has 0 radical (unpaired) electrons. The topological polar surface area (TPSA) is 86.4 Å². The van der Waals surface area contributed by atoms with Crippen LogP contribution in [0.4, 0.5) is 5.69 Å². The number of nitriles is 2. The lowest BCUT2D eigenvalue weighted by molar-refractivity contribution is -0.139. The lowest BCUT2D eigenvalue weighted by Gasteiger charge is -2.23. The molecule has 1 aromatic rings. The maximum Gasteiger partial charge on any atom is 0.309 e. The highest BCUT2D eigenvalue weighted by Crippen LogP contribution is 2.25. The van der Waals surface area contributed by atoms with Crippen LogP contribution in [0.1, 0.15) is 5.56 Å². The van der Waals surface area contributed by atoms with Crippen molar-refractivity contribution in [1.29, 1.82) is 10.5 Å². The van der Waals surface area contributed by atoms with Crippen molar-refractivity contribution < 1.29 is 14.3 Å². The van der Waals surface area contributed by atoms with E-state index in [9.17, 15) is 4.79 Å². The molecule has 0 spiro atoms. The van der Waals surface area contributed by atoms with Gasteiger partial charge in [-0.05, 0) is 17.7 Å². The van der Waals surface area contributed by atoms with Gasteiger partial charge in [-0.3, -0.25) is 4.79 Å². The number of nitrogens with zero attached hydrogens (tertiary/aromatic N) is 3. The minimum Gasteiger partial charge on any atom is -0.469 e. The van der Waals surface area contributed by atoms with Crippen molar-refractivity contribution in [3.05, 3.63) is 41.1 Å². The van der Waals surface area contributed by atoms with E-state index in [4.69, 9.17) is 15.3 Å². The van der Waals surface area contributed by atoms with E-state index in [1.54, 1.807) is 17.0 Å². The number of carbonyl (C=O) groups excluding carboxylic acids is 1. The molecule has 1 aliphatic heterocycles. The molecule has 22 heavy (non-hydrogen) atoms. The molecule has 0 saturated heterocycles. The Hall–Kier alpha value is -2.83. The second-order valence-corrected chi connectivity index (χ2v) is 4.69. The van der Waals surface area contributed by atoms with Crippen molar-refractivity contribution in [2.75, 3.05) is 31.8 Å². The van der Waals surface area contributed by atoms with Crippen LogP contribution in [-0.4, -0.2) is 32.8 Å². The summed E-state index contributed by atoms with van der Waals surface area (Å²) in [5.41, 5.74) is 2.85. The largest absolute Gasteiger partial charge is 0.469 e. The molecule has 112 valence electrons. The third-order valence-electron chi connectivity index (χ3n) is 3.35. The van der Waals surface area contributed by atoms with Gasteiger partial charge in [-0.15, -0.1) is 0 Å². The van der Waals surface area contributed by atoms with E-state index in [2.05, 4.69) is 16.9 Å². The molecule has 6 nitrogen and oxygen atoms in total. The van der Waals surface area contributed by atoms with Gasteiger partial charge in [-0.2, -0.15) is 10.5 Å².